The number of hydrogen-bond donors (Lipinski definition) is 2. The van der Waals surface area contributed by atoms with E-state index >= 15 is 0 Å². The zero-order valence-electron chi connectivity index (χ0n) is 4.64. The van der Waals surface area contributed by atoms with Gasteiger partial charge in [0, 0.05) is 0 Å². The summed E-state index contributed by atoms with van der Waals surface area (Å²) in [5.74, 6) is 0. The van der Waals surface area contributed by atoms with Gasteiger partial charge in [-0.25, -0.2) is 0 Å². The molecule has 0 atom stereocenters. The van der Waals surface area contributed by atoms with Crippen molar-refractivity contribution in [3.63, 3.8) is 0 Å². The van der Waals surface area contributed by atoms with Crippen LogP contribution in [0.25, 0.3) is 0 Å². The van der Waals surface area contributed by atoms with E-state index in [1.165, 1.54) is 0 Å². The van der Waals surface area contributed by atoms with Gasteiger partial charge in [0.1, 0.15) is 4.32 Å². The van der Waals surface area contributed by atoms with Crippen LogP contribution in [-0.2, 0) is 19.5 Å². The molecule has 0 spiro atoms. The molecular weight excluding hydrogens is 180 g/mol. The van der Waals surface area contributed by atoms with Crippen molar-refractivity contribution in [3.05, 3.63) is 14.9 Å². The molecular formula is C3H9NS2Zn. The molecule has 0 aliphatic rings. The third-order valence-electron chi connectivity index (χ3n) is 0. The van der Waals surface area contributed by atoms with Gasteiger partial charge in [0.05, 0.1) is 0 Å². The predicted octanol–water partition coefficient (Wildman–Crippen LogP) is 1.06. The van der Waals surface area contributed by atoms with Crippen molar-refractivity contribution in [3.8, 4) is 0 Å². The molecule has 0 fully saturated rings. The molecule has 0 aliphatic carbocycles. The summed E-state index contributed by atoms with van der Waals surface area (Å²) in [4.78, 5) is 0. The molecule has 4 heteroatoms. The third kappa shape index (κ3) is 218. The van der Waals surface area contributed by atoms with Gasteiger partial charge in [-0.15, -0.1) is 12.6 Å². The topological polar surface area (TPSA) is 26.0 Å². The van der Waals surface area contributed by atoms with Crippen molar-refractivity contribution in [1.82, 2.24) is 0 Å². The van der Waals surface area contributed by atoms with Crippen LogP contribution >= 0.6 is 24.8 Å². The van der Waals surface area contributed by atoms with E-state index in [2.05, 4.69) is 24.8 Å². The molecule has 40 valence electrons. The SMILES string of the molecule is NC(=S)S.[CH3-].[CH3-].[Zn+2]. The summed E-state index contributed by atoms with van der Waals surface area (Å²) in [7, 11) is 0. The first-order valence-electron chi connectivity index (χ1n) is 0.716. The minimum absolute atomic E-state index is 0. The van der Waals surface area contributed by atoms with E-state index in [4.69, 9.17) is 5.73 Å². The average molecular weight is 189 g/mol. The molecule has 0 aromatic heterocycles. The molecule has 0 heterocycles. The van der Waals surface area contributed by atoms with E-state index < -0.39 is 0 Å². The molecule has 0 amide bonds. The van der Waals surface area contributed by atoms with E-state index in [1.807, 2.05) is 0 Å². The standard InChI is InChI=1S/CH3NS2.2CH3.Zn/c2-1(3)4;;;/h(H3,2,3,4);2*1H3;/q;2*-1;+2. The molecule has 0 aliphatic heterocycles. The average Bonchev–Trinajstić information content (AvgIpc) is 0.811. The van der Waals surface area contributed by atoms with Gasteiger partial charge in [0.2, 0.25) is 0 Å². The molecule has 0 rings (SSSR count). The molecule has 0 aromatic carbocycles. The second kappa shape index (κ2) is 15.8. The Labute approximate surface area is 69.2 Å². The van der Waals surface area contributed by atoms with Crippen LogP contribution in [0.4, 0.5) is 0 Å². The first-order valence-corrected chi connectivity index (χ1v) is 1.57. The van der Waals surface area contributed by atoms with Crippen molar-refractivity contribution < 1.29 is 19.5 Å². The van der Waals surface area contributed by atoms with Crippen LogP contribution in [0.3, 0.4) is 0 Å². The van der Waals surface area contributed by atoms with Gasteiger partial charge < -0.3 is 20.6 Å². The summed E-state index contributed by atoms with van der Waals surface area (Å²) >= 11 is 7.65. The maximum atomic E-state index is 4.71. The maximum absolute atomic E-state index is 4.71. The number of thiocarbonyl (C=S) groups is 1. The van der Waals surface area contributed by atoms with Gasteiger partial charge in [-0.05, 0) is 0 Å². The number of rotatable bonds is 0. The van der Waals surface area contributed by atoms with Crippen molar-refractivity contribution in [2.75, 3.05) is 0 Å². The second-order valence-corrected chi connectivity index (χ2v) is 1.56. The summed E-state index contributed by atoms with van der Waals surface area (Å²) < 4.78 is 0.194. The predicted molar refractivity (Wildman–Crippen MR) is 38.6 cm³/mol. The monoisotopic (exact) mass is 187 g/mol. The normalized spacial score (nSPS) is 3.57. The quantitative estimate of drug-likeness (QED) is 0.257. The summed E-state index contributed by atoms with van der Waals surface area (Å²) in [6, 6.07) is 0. The number of hydrogen-bond acceptors (Lipinski definition) is 1. The number of thiol groups is 1. The van der Waals surface area contributed by atoms with Crippen LogP contribution in [-0.4, -0.2) is 4.32 Å². The van der Waals surface area contributed by atoms with Crippen LogP contribution < -0.4 is 5.73 Å². The minimum atomic E-state index is 0. The summed E-state index contributed by atoms with van der Waals surface area (Å²) in [6.07, 6.45) is 0. The van der Waals surface area contributed by atoms with Crippen LogP contribution in [0.15, 0.2) is 0 Å². The van der Waals surface area contributed by atoms with E-state index in [9.17, 15) is 0 Å². The van der Waals surface area contributed by atoms with Gasteiger partial charge in [0.25, 0.3) is 0 Å². The fraction of sp³-hybridized carbons (Fsp3) is 0. The first kappa shape index (κ1) is 24.8. The fourth-order valence-electron chi connectivity index (χ4n) is 0. The Morgan fingerprint density at radius 2 is 1.43 bits per heavy atom. The fourth-order valence-corrected chi connectivity index (χ4v) is 0. The van der Waals surface area contributed by atoms with E-state index in [1.54, 1.807) is 0 Å². The van der Waals surface area contributed by atoms with Crippen LogP contribution in [0.1, 0.15) is 0 Å². The smallest absolute Gasteiger partial charge is 0.385 e. The van der Waals surface area contributed by atoms with E-state index in [0.717, 1.165) is 0 Å². The first-order chi connectivity index (χ1) is 1.73. The summed E-state index contributed by atoms with van der Waals surface area (Å²) in [5, 5.41) is 0. The largest absolute Gasteiger partial charge is 2.00 e. The molecule has 0 unspecified atom stereocenters. The molecule has 0 bridgehead atoms. The minimum Gasteiger partial charge on any atom is -0.385 e. The van der Waals surface area contributed by atoms with Crippen molar-refractivity contribution in [2.24, 2.45) is 5.73 Å². The van der Waals surface area contributed by atoms with Crippen LogP contribution in [0.5, 0.6) is 0 Å². The van der Waals surface area contributed by atoms with Gasteiger partial charge in [-0.2, -0.15) is 0 Å². The Balaban J connectivity index is -0.0000000150. The van der Waals surface area contributed by atoms with Gasteiger partial charge in [-0.1, -0.05) is 12.2 Å². The van der Waals surface area contributed by atoms with Crippen molar-refractivity contribution in [2.45, 2.75) is 0 Å². The summed E-state index contributed by atoms with van der Waals surface area (Å²) in [5.41, 5.74) is 4.71. The van der Waals surface area contributed by atoms with Crippen molar-refractivity contribution in [1.29, 1.82) is 0 Å². The Bertz CT molecular complexity index is 35.9. The van der Waals surface area contributed by atoms with E-state index in [0.29, 0.717) is 0 Å². The molecule has 0 radical (unpaired) electrons. The molecule has 0 aromatic rings. The Morgan fingerprint density at radius 1 is 1.43 bits per heavy atom. The van der Waals surface area contributed by atoms with Crippen molar-refractivity contribution >= 4 is 29.2 Å². The Morgan fingerprint density at radius 3 is 1.43 bits per heavy atom. The molecule has 0 saturated carbocycles. The summed E-state index contributed by atoms with van der Waals surface area (Å²) in [6.45, 7) is 0. The third-order valence-corrected chi connectivity index (χ3v) is 0. The van der Waals surface area contributed by atoms with Crippen LogP contribution in [0, 0.1) is 14.9 Å². The Hall–Kier alpha value is 0.863. The molecule has 1 nitrogen and oxygen atoms in total. The van der Waals surface area contributed by atoms with E-state index in [-0.39, 0.29) is 38.7 Å². The van der Waals surface area contributed by atoms with Gasteiger partial charge >= 0.3 is 19.5 Å². The molecule has 0 saturated heterocycles. The maximum Gasteiger partial charge on any atom is 2.00 e. The zero-order valence-corrected chi connectivity index (χ0v) is 9.32. The van der Waals surface area contributed by atoms with Gasteiger partial charge in [0.15, 0.2) is 0 Å². The second-order valence-electron chi connectivity index (χ2n) is 0.338. The van der Waals surface area contributed by atoms with Crippen LogP contribution in [0.2, 0.25) is 0 Å². The molecule has 2 N–H and O–H groups in total. The zero-order chi connectivity index (χ0) is 3.58. The van der Waals surface area contributed by atoms with Gasteiger partial charge in [-0.3, -0.25) is 0 Å². The number of nitrogens with two attached hydrogens (primary N) is 1. The molecule has 7 heavy (non-hydrogen) atoms. The Kier molecular flexibility index (Phi) is 56.0.